The summed E-state index contributed by atoms with van der Waals surface area (Å²) in [5.74, 6) is 0.525. The highest BCUT2D eigenvalue weighted by atomic mass is 35.5. The van der Waals surface area contributed by atoms with E-state index in [1.807, 2.05) is 60.4 Å². The standard InChI is InChI=1S/C18H17ClN2OS2/c1-2-21(11-13-6-4-3-5-7-13)17(22)12-23-18-20-15-10-14(19)8-9-16(15)24-18/h3-10H,2,11-12H2,1H3. The predicted molar refractivity (Wildman–Crippen MR) is 103 cm³/mol. The highest BCUT2D eigenvalue weighted by Gasteiger charge is 2.14. The van der Waals surface area contributed by atoms with E-state index >= 15 is 0 Å². The van der Waals surface area contributed by atoms with Gasteiger partial charge in [0.1, 0.15) is 0 Å². The Morgan fingerprint density at radius 3 is 2.79 bits per heavy atom. The summed E-state index contributed by atoms with van der Waals surface area (Å²) >= 11 is 9.07. The molecule has 0 unspecified atom stereocenters. The third kappa shape index (κ3) is 4.29. The molecule has 2 aromatic carbocycles. The van der Waals surface area contributed by atoms with Crippen LogP contribution < -0.4 is 0 Å². The average molecular weight is 377 g/mol. The molecule has 1 heterocycles. The van der Waals surface area contributed by atoms with Crippen molar-refractivity contribution in [1.82, 2.24) is 9.88 Å². The van der Waals surface area contributed by atoms with E-state index in [0.717, 1.165) is 20.1 Å². The molecule has 0 saturated heterocycles. The number of aromatic nitrogens is 1. The minimum atomic E-state index is 0.128. The molecule has 3 rings (SSSR count). The SMILES string of the molecule is CCN(Cc1ccccc1)C(=O)CSc1nc2cc(Cl)ccc2s1. The van der Waals surface area contributed by atoms with Gasteiger partial charge in [-0.1, -0.05) is 53.7 Å². The zero-order chi connectivity index (χ0) is 16.9. The molecular weight excluding hydrogens is 360 g/mol. The lowest BCUT2D eigenvalue weighted by Gasteiger charge is -2.20. The summed E-state index contributed by atoms with van der Waals surface area (Å²) in [6.07, 6.45) is 0. The molecule has 1 aromatic heterocycles. The van der Waals surface area contributed by atoms with Gasteiger partial charge in [0.05, 0.1) is 16.0 Å². The van der Waals surface area contributed by atoms with Crippen LogP contribution in [0.2, 0.25) is 5.02 Å². The van der Waals surface area contributed by atoms with Crippen LogP contribution in [0.4, 0.5) is 0 Å². The smallest absolute Gasteiger partial charge is 0.233 e. The Morgan fingerprint density at radius 2 is 2.04 bits per heavy atom. The van der Waals surface area contributed by atoms with Crippen molar-refractivity contribution in [2.24, 2.45) is 0 Å². The maximum absolute atomic E-state index is 12.5. The van der Waals surface area contributed by atoms with E-state index < -0.39 is 0 Å². The zero-order valence-corrected chi connectivity index (χ0v) is 15.6. The quantitative estimate of drug-likeness (QED) is 0.562. The van der Waals surface area contributed by atoms with Gasteiger partial charge >= 0.3 is 0 Å². The number of halogens is 1. The van der Waals surface area contributed by atoms with Gasteiger partial charge in [-0.3, -0.25) is 4.79 Å². The summed E-state index contributed by atoms with van der Waals surface area (Å²) in [4.78, 5) is 18.9. The normalized spacial score (nSPS) is 10.9. The van der Waals surface area contributed by atoms with Gasteiger partial charge in [0.15, 0.2) is 4.34 Å². The molecule has 0 aliphatic heterocycles. The van der Waals surface area contributed by atoms with E-state index in [4.69, 9.17) is 11.6 Å². The molecule has 3 aromatic rings. The second-order valence-electron chi connectivity index (χ2n) is 5.27. The van der Waals surface area contributed by atoms with Crippen LogP contribution >= 0.6 is 34.7 Å². The lowest BCUT2D eigenvalue weighted by atomic mass is 10.2. The van der Waals surface area contributed by atoms with Crippen LogP contribution in [-0.4, -0.2) is 28.1 Å². The molecule has 6 heteroatoms. The second kappa shape index (κ2) is 8.01. The fraction of sp³-hybridized carbons (Fsp3) is 0.222. The van der Waals surface area contributed by atoms with Gasteiger partial charge in [0.2, 0.25) is 5.91 Å². The van der Waals surface area contributed by atoms with Gasteiger partial charge < -0.3 is 4.90 Å². The lowest BCUT2D eigenvalue weighted by molar-refractivity contribution is -0.128. The molecule has 0 spiro atoms. The first-order chi connectivity index (χ1) is 11.7. The summed E-state index contributed by atoms with van der Waals surface area (Å²) < 4.78 is 1.99. The molecule has 3 nitrogen and oxygen atoms in total. The molecule has 0 fully saturated rings. The van der Waals surface area contributed by atoms with Crippen molar-refractivity contribution in [2.75, 3.05) is 12.3 Å². The van der Waals surface area contributed by atoms with Crippen molar-refractivity contribution in [3.8, 4) is 0 Å². The number of nitrogens with zero attached hydrogens (tertiary/aromatic N) is 2. The molecule has 0 N–H and O–H groups in total. The van der Waals surface area contributed by atoms with Crippen LogP contribution in [0.3, 0.4) is 0 Å². The number of hydrogen-bond acceptors (Lipinski definition) is 4. The number of hydrogen-bond donors (Lipinski definition) is 0. The maximum Gasteiger partial charge on any atom is 0.233 e. The van der Waals surface area contributed by atoms with Gasteiger partial charge in [-0.05, 0) is 30.7 Å². The topological polar surface area (TPSA) is 33.2 Å². The van der Waals surface area contributed by atoms with E-state index in [9.17, 15) is 4.79 Å². The van der Waals surface area contributed by atoms with Crippen LogP contribution in [0.5, 0.6) is 0 Å². The first kappa shape index (κ1) is 17.3. The minimum Gasteiger partial charge on any atom is -0.338 e. The Bertz CT molecular complexity index is 835. The van der Waals surface area contributed by atoms with Crippen LogP contribution in [0.25, 0.3) is 10.2 Å². The zero-order valence-electron chi connectivity index (χ0n) is 13.2. The van der Waals surface area contributed by atoms with Crippen molar-refractivity contribution in [2.45, 2.75) is 17.8 Å². The molecule has 1 amide bonds. The average Bonchev–Trinajstić information content (AvgIpc) is 3.00. The van der Waals surface area contributed by atoms with Crippen LogP contribution in [-0.2, 0) is 11.3 Å². The molecule has 0 aliphatic rings. The third-order valence-electron chi connectivity index (χ3n) is 3.60. The Hall–Kier alpha value is -1.56. The molecule has 0 saturated carbocycles. The van der Waals surface area contributed by atoms with Crippen LogP contribution in [0.1, 0.15) is 12.5 Å². The fourth-order valence-electron chi connectivity index (χ4n) is 2.34. The van der Waals surface area contributed by atoms with Gasteiger partial charge in [-0.15, -0.1) is 11.3 Å². The largest absolute Gasteiger partial charge is 0.338 e. The molecule has 124 valence electrons. The van der Waals surface area contributed by atoms with Crippen molar-refractivity contribution < 1.29 is 4.79 Å². The Kier molecular flexibility index (Phi) is 5.76. The number of carbonyl (C=O) groups excluding carboxylic acids is 1. The number of benzene rings is 2. The minimum absolute atomic E-state index is 0.128. The summed E-state index contributed by atoms with van der Waals surface area (Å²) in [5, 5.41) is 0.681. The number of carbonyl (C=O) groups is 1. The van der Waals surface area contributed by atoms with Gasteiger partial charge in [-0.2, -0.15) is 0 Å². The van der Waals surface area contributed by atoms with Crippen LogP contribution in [0.15, 0.2) is 52.9 Å². The number of amides is 1. The Morgan fingerprint density at radius 1 is 1.25 bits per heavy atom. The Labute approximate surface area is 154 Å². The van der Waals surface area contributed by atoms with E-state index in [-0.39, 0.29) is 5.91 Å². The number of fused-ring (bicyclic) bond motifs is 1. The van der Waals surface area contributed by atoms with Crippen LogP contribution in [0, 0.1) is 0 Å². The van der Waals surface area contributed by atoms with E-state index in [1.165, 1.54) is 11.8 Å². The molecule has 0 aliphatic carbocycles. The van der Waals surface area contributed by atoms with Gasteiger partial charge in [-0.25, -0.2) is 4.98 Å². The van der Waals surface area contributed by atoms with Crippen molar-refractivity contribution in [3.63, 3.8) is 0 Å². The third-order valence-corrected chi connectivity index (χ3v) is 6.00. The molecule has 0 atom stereocenters. The van der Waals surface area contributed by atoms with Gasteiger partial charge in [0.25, 0.3) is 0 Å². The maximum atomic E-state index is 12.5. The van der Waals surface area contributed by atoms with Gasteiger partial charge in [0, 0.05) is 18.1 Å². The fourth-order valence-corrected chi connectivity index (χ4v) is 4.45. The number of rotatable bonds is 6. The molecule has 0 radical (unpaired) electrons. The molecule has 0 bridgehead atoms. The highest BCUT2D eigenvalue weighted by molar-refractivity contribution is 8.01. The lowest BCUT2D eigenvalue weighted by Crippen LogP contribution is -2.31. The van der Waals surface area contributed by atoms with E-state index in [2.05, 4.69) is 4.98 Å². The summed E-state index contributed by atoms with van der Waals surface area (Å²) in [7, 11) is 0. The van der Waals surface area contributed by atoms with E-state index in [0.29, 0.717) is 23.9 Å². The van der Waals surface area contributed by atoms with E-state index in [1.54, 1.807) is 11.3 Å². The molecule has 24 heavy (non-hydrogen) atoms. The first-order valence-electron chi connectivity index (χ1n) is 7.66. The predicted octanol–water partition coefficient (Wildman–Crippen LogP) is 5.09. The van der Waals surface area contributed by atoms with Crippen molar-refractivity contribution in [1.29, 1.82) is 0 Å². The Balaban J connectivity index is 1.62. The second-order valence-corrected chi connectivity index (χ2v) is 7.96. The monoisotopic (exact) mass is 376 g/mol. The summed E-state index contributed by atoms with van der Waals surface area (Å²) in [6.45, 7) is 3.35. The first-order valence-corrected chi connectivity index (χ1v) is 9.84. The van der Waals surface area contributed by atoms with Crippen molar-refractivity contribution in [3.05, 3.63) is 59.1 Å². The highest BCUT2D eigenvalue weighted by Crippen LogP contribution is 2.31. The summed E-state index contributed by atoms with van der Waals surface area (Å²) in [6, 6.07) is 15.7. The summed E-state index contributed by atoms with van der Waals surface area (Å²) in [5.41, 5.74) is 2.03. The van der Waals surface area contributed by atoms with Crippen molar-refractivity contribution >= 4 is 50.8 Å². The molecular formula is C18H17ClN2OS2. The number of thioether (sulfide) groups is 1. The number of thiazole rings is 1.